The van der Waals surface area contributed by atoms with Crippen LogP contribution in [0.1, 0.15) is 15.9 Å². The van der Waals surface area contributed by atoms with Crippen molar-refractivity contribution in [1.29, 1.82) is 0 Å². The fraction of sp³-hybridized carbons (Fsp3) is 0.0625. The number of hydrogen-bond donors (Lipinski definition) is 0. The molecule has 0 spiro atoms. The molecular formula is C16H11N3O5. The van der Waals surface area contributed by atoms with Crippen molar-refractivity contribution in [1.82, 2.24) is 10.2 Å². The van der Waals surface area contributed by atoms with Crippen LogP contribution in [0.4, 0.5) is 5.69 Å². The zero-order valence-corrected chi connectivity index (χ0v) is 12.5. The first-order valence-electron chi connectivity index (χ1n) is 6.88. The highest BCUT2D eigenvalue weighted by atomic mass is 16.6. The Morgan fingerprint density at radius 2 is 1.96 bits per heavy atom. The highest BCUT2D eigenvalue weighted by Gasteiger charge is 2.15. The number of nitro benzene ring substituents is 1. The van der Waals surface area contributed by atoms with E-state index in [-0.39, 0.29) is 11.3 Å². The molecule has 3 aromatic rings. The fourth-order valence-electron chi connectivity index (χ4n) is 2.12. The summed E-state index contributed by atoms with van der Waals surface area (Å²) in [7, 11) is 0. The van der Waals surface area contributed by atoms with Crippen LogP contribution >= 0.6 is 0 Å². The van der Waals surface area contributed by atoms with E-state index in [2.05, 4.69) is 10.2 Å². The number of ether oxygens (including phenoxy) is 1. The third kappa shape index (κ3) is 3.12. The summed E-state index contributed by atoms with van der Waals surface area (Å²) in [5.74, 6) is 0.0941. The third-order valence-electron chi connectivity index (χ3n) is 3.30. The predicted octanol–water partition coefficient (Wildman–Crippen LogP) is 3.17. The standard InChI is InChI=1S/C16H11N3O5/c1-10-8-12(4-7-14(10)19(21)22)16(20)24-13-5-2-11(3-6-13)15-18-17-9-23-15/h2-9H,1H3. The Labute approximate surface area is 135 Å². The molecule has 0 bridgehead atoms. The van der Waals surface area contributed by atoms with Crippen molar-refractivity contribution in [3.63, 3.8) is 0 Å². The lowest BCUT2D eigenvalue weighted by molar-refractivity contribution is -0.385. The molecule has 0 saturated heterocycles. The molecule has 0 atom stereocenters. The van der Waals surface area contributed by atoms with Gasteiger partial charge in [-0.2, -0.15) is 0 Å². The van der Waals surface area contributed by atoms with Gasteiger partial charge in [-0.1, -0.05) is 0 Å². The maximum atomic E-state index is 12.1. The van der Waals surface area contributed by atoms with Gasteiger partial charge in [-0.15, -0.1) is 10.2 Å². The molecule has 0 N–H and O–H groups in total. The van der Waals surface area contributed by atoms with E-state index in [9.17, 15) is 14.9 Å². The van der Waals surface area contributed by atoms with Crippen molar-refractivity contribution in [2.24, 2.45) is 0 Å². The Hall–Kier alpha value is -3.55. The van der Waals surface area contributed by atoms with E-state index in [1.165, 1.54) is 24.6 Å². The summed E-state index contributed by atoms with van der Waals surface area (Å²) in [6.45, 7) is 1.56. The molecule has 1 heterocycles. The zero-order valence-electron chi connectivity index (χ0n) is 12.5. The summed E-state index contributed by atoms with van der Waals surface area (Å²) in [6.07, 6.45) is 1.22. The molecule has 0 unspecified atom stereocenters. The van der Waals surface area contributed by atoms with Crippen molar-refractivity contribution in [3.05, 3.63) is 70.1 Å². The molecule has 0 radical (unpaired) electrons. The number of carbonyl (C=O) groups excluding carboxylic acids is 1. The van der Waals surface area contributed by atoms with Crippen molar-refractivity contribution in [3.8, 4) is 17.2 Å². The molecule has 8 nitrogen and oxygen atoms in total. The van der Waals surface area contributed by atoms with Gasteiger partial charge in [0.25, 0.3) is 5.69 Å². The van der Waals surface area contributed by atoms with Crippen LogP contribution in [0.15, 0.2) is 53.3 Å². The van der Waals surface area contributed by atoms with Gasteiger partial charge < -0.3 is 9.15 Å². The SMILES string of the molecule is Cc1cc(C(=O)Oc2ccc(-c3nnco3)cc2)ccc1[N+](=O)[O-]. The van der Waals surface area contributed by atoms with Crippen LogP contribution in [-0.4, -0.2) is 21.1 Å². The van der Waals surface area contributed by atoms with Crippen LogP contribution in [0.5, 0.6) is 5.75 Å². The largest absolute Gasteiger partial charge is 0.423 e. The number of aromatic nitrogens is 2. The normalized spacial score (nSPS) is 10.4. The van der Waals surface area contributed by atoms with Crippen molar-refractivity contribution < 1.29 is 18.9 Å². The Balaban J connectivity index is 1.75. The van der Waals surface area contributed by atoms with Crippen LogP contribution in [-0.2, 0) is 0 Å². The fourth-order valence-corrected chi connectivity index (χ4v) is 2.12. The van der Waals surface area contributed by atoms with Gasteiger partial charge >= 0.3 is 5.97 Å². The first-order chi connectivity index (χ1) is 11.5. The lowest BCUT2D eigenvalue weighted by Gasteiger charge is -2.06. The summed E-state index contributed by atoms with van der Waals surface area (Å²) in [5.41, 5.74) is 1.27. The maximum Gasteiger partial charge on any atom is 0.343 e. The van der Waals surface area contributed by atoms with Crippen LogP contribution in [0.3, 0.4) is 0 Å². The van der Waals surface area contributed by atoms with Gasteiger partial charge in [-0.3, -0.25) is 10.1 Å². The molecular weight excluding hydrogens is 314 g/mol. The van der Waals surface area contributed by atoms with E-state index < -0.39 is 10.9 Å². The summed E-state index contributed by atoms with van der Waals surface area (Å²) >= 11 is 0. The minimum Gasteiger partial charge on any atom is -0.423 e. The predicted molar refractivity (Wildman–Crippen MR) is 82.5 cm³/mol. The molecule has 0 fully saturated rings. The van der Waals surface area contributed by atoms with Crippen LogP contribution in [0, 0.1) is 17.0 Å². The third-order valence-corrected chi connectivity index (χ3v) is 3.30. The second-order valence-electron chi connectivity index (χ2n) is 4.92. The first kappa shape index (κ1) is 15.3. The van der Waals surface area contributed by atoms with Gasteiger partial charge in [0.1, 0.15) is 5.75 Å². The molecule has 0 amide bonds. The molecule has 24 heavy (non-hydrogen) atoms. The topological polar surface area (TPSA) is 108 Å². The van der Waals surface area contributed by atoms with Crippen molar-refractivity contribution >= 4 is 11.7 Å². The van der Waals surface area contributed by atoms with E-state index in [0.717, 1.165) is 0 Å². The van der Waals surface area contributed by atoms with Gasteiger partial charge in [0.15, 0.2) is 0 Å². The van der Waals surface area contributed by atoms with Gasteiger partial charge in [0.2, 0.25) is 12.3 Å². The number of nitrogens with zero attached hydrogens (tertiary/aromatic N) is 3. The summed E-state index contributed by atoms with van der Waals surface area (Å²) in [4.78, 5) is 22.4. The number of rotatable bonds is 4. The van der Waals surface area contributed by atoms with Gasteiger partial charge in [0.05, 0.1) is 10.5 Å². The summed E-state index contributed by atoms with van der Waals surface area (Å²) < 4.78 is 10.3. The minimum atomic E-state index is -0.599. The molecule has 8 heteroatoms. The molecule has 1 aromatic heterocycles. The number of esters is 1. The van der Waals surface area contributed by atoms with Gasteiger partial charge in [-0.25, -0.2) is 4.79 Å². The van der Waals surface area contributed by atoms with E-state index in [1.807, 2.05) is 0 Å². The highest BCUT2D eigenvalue weighted by molar-refractivity contribution is 5.91. The molecule has 0 aliphatic heterocycles. The molecule has 0 aliphatic rings. The number of hydrogen-bond acceptors (Lipinski definition) is 7. The van der Waals surface area contributed by atoms with Gasteiger partial charge in [0, 0.05) is 17.2 Å². The molecule has 0 saturated carbocycles. The number of benzene rings is 2. The van der Waals surface area contributed by atoms with Gasteiger partial charge in [-0.05, 0) is 43.3 Å². The summed E-state index contributed by atoms with van der Waals surface area (Å²) in [5, 5.41) is 18.2. The smallest absolute Gasteiger partial charge is 0.343 e. The number of carbonyl (C=O) groups is 1. The Morgan fingerprint density at radius 1 is 1.21 bits per heavy atom. The second-order valence-corrected chi connectivity index (χ2v) is 4.92. The van der Waals surface area contributed by atoms with Crippen LogP contribution < -0.4 is 4.74 Å². The highest BCUT2D eigenvalue weighted by Crippen LogP contribution is 2.22. The first-order valence-corrected chi connectivity index (χ1v) is 6.88. The monoisotopic (exact) mass is 325 g/mol. The Morgan fingerprint density at radius 3 is 2.54 bits per heavy atom. The Kier molecular flexibility index (Phi) is 4.02. The lowest BCUT2D eigenvalue weighted by atomic mass is 10.1. The maximum absolute atomic E-state index is 12.1. The molecule has 3 rings (SSSR count). The van der Waals surface area contributed by atoms with Crippen molar-refractivity contribution in [2.45, 2.75) is 6.92 Å². The Bertz CT molecular complexity index is 889. The van der Waals surface area contributed by atoms with E-state index in [0.29, 0.717) is 22.8 Å². The number of nitro groups is 1. The van der Waals surface area contributed by atoms with Crippen LogP contribution in [0.25, 0.3) is 11.5 Å². The second kappa shape index (κ2) is 6.29. The minimum absolute atomic E-state index is 0.0459. The number of aryl methyl sites for hydroxylation is 1. The zero-order chi connectivity index (χ0) is 17.1. The van der Waals surface area contributed by atoms with E-state index in [4.69, 9.17) is 9.15 Å². The van der Waals surface area contributed by atoms with Crippen LogP contribution in [0.2, 0.25) is 0 Å². The van der Waals surface area contributed by atoms with E-state index in [1.54, 1.807) is 31.2 Å². The lowest BCUT2D eigenvalue weighted by Crippen LogP contribution is -2.09. The average Bonchev–Trinajstić information content (AvgIpc) is 3.09. The quantitative estimate of drug-likeness (QED) is 0.313. The summed E-state index contributed by atoms with van der Waals surface area (Å²) in [6, 6.07) is 10.6. The van der Waals surface area contributed by atoms with E-state index >= 15 is 0 Å². The molecule has 0 aliphatic carbocycles. The molecule has 2 aromatic carbocycles. The molecule has 120 valence electrons. The average molecular weight is 325 g/mol. The van der Waals surface area contributed by atoms with Crippen molar-refractivity contribution in [2.75, 3.05) is 0 Å².